The summed E-state index contributed by atoms with van der Waals surface area (Å²) in [5.74, 6) is -3.85. The Kier molecular flexibility index (Phi) is 9.84. The fourth-order valence-electron chi connectivity index (χ4n) is 5.37. The van der Waals surface area contributed by atoms with Crippen LogP contribution in [0.5, 0.6) is 0 Å². The lowest BCUT2D eigenvalue weighted by Gasteiger charge is -2.38. The van der Waals surface area contributed by atoms with Gasteiger partial charge in [0.15, 0.2) is 0 Å². The maximum Gasteiger partial charge on any atom is 0.490 e. The number of rotatable bonds is 3. The topological polar surface area (TPSA) is 155 Å². The summed E-state index contributed by atoms with van der Waals surface area (Å²) in [4.78, 5) is 49.5. The first-order valence-corrected chi connectivity index (χ1v) is 13.5. The molecule has 3 aromatic rings. The number of carbonyl (C=O) groups is 2. The summed E-state index contributed by atoms with van der Waals surface area (Å²) in [5, 5.41) is 14.2. The highest BCUT2D eigenvalue weighted by molar-refractivity contribution is 5.73. The molecule has 244 valence electrons. The second-order valence-electron chi connectivity index (χ2n) is 10.8. The largest absolute Gasteiger partial charge is 0.490 e. The molecule has 1 spiro atoms. The number of nitrogens with zero attached hydrogens (tertiary/aromatic N) is 6. The molecule has 0 aromatic carbocycles. The minimum absolute atomic E-state index is 0.137. The van der Waals surface area contributed by atoms with Crippen molar-refractivity contribution < 1.29 is 50.6 Å². The summed E-state index contributed by atoms with van der Waals surface area (Å²) < 4.78 is 70.6. The van der Waals surface area contributed by atoms with Crippen molar-refractivity contribution in [2.24, 2.45) is 5.41 Å². The fraction of sp³-hybridized carbons (Fsp3) is 0.481. The number of piperidine rings is 1. The lowest BCUT2D eigenvalue weighted by Crippen LogP contribution is -2.41. The minimum Gasteiger partial charge on any atom is -0.475 e. The van der Waals surface area contributed by atoms with E-state index in [1.165, 1.54) is 5.56 Å². The zero-order valence-electron chi connectivity index (χ0n) is 23.5. The van der Waals surface area contributed by atoms with Gasteiger partial charge in [-0.15, -0.1) is 0 Å². The number of halogens is 6. The van der Waals surface area contributed by atoms with Crippen LogP contribution in [0.25, 0.3) is 0 Å². The number of aliphatic carboxylic acids is 2. The van der Waals surface area contributed by atoms with E-state index in [2.05, 4.69) is 19.8 Å². The Hall–Kier alpha value is -4.48. The molecule has 6 heterocycles. The van der Waals surface area contributed by atoms with Crippen LogP contribution in [0.1, 0.15) is 35.5 Å². The zero-order chi connectivity index (χ0) is 33.0. The van der Waals surface area contributed by atoms with Crippen LogP contribution < -0.4 is 10.5 Å². The number of hydrogen-bond acceptors (Lipinski definition) is 9. The normalized spacial score (nSPS) is 17.3. The Labute approximate surface area is 250 Å². The van der Waals surface area contributed by atoms with Gasteiger partial charge in [-0.05, 0) is 43.5 Å². The molecule has 6 rings (SSSR count). The smallest absolute Gasteiger partial charge is 0.475 e. The van der Waals surface area contributed by atoms with E-state index in [1.54, 1.807) is 18.7 Å². The van der Waals surface area contributed by atoms with Gasteiger partial charge in [0.1, 0.15) is 5.82 Å². The number of carboxylic acid groups (broad SMARTS) is 2. The molecule has 2 N–H and O–H groups in total. The molecule has 0 unspecified atom stereocenters. The highest BCUT2D eigenvalue weighted by atomic mass is 19.4. The van der Waals surface area contributed by atoms with E-state index in [0.29, 0.717) is 12.5 Å². The van der Waals surface area contributed by atoms with E-state index in [9.17, 15) is 31.1 Å². The number of carboxylic acids is 2. The van der Waals surface area contributed by atoms with Crippen molar-refractivity contribution in [3.63, 3.8) is 0 Å². The Bertz CT molecular complexity index is 1510. The van der Waals surface area contributed by atoms with Crippen LogP contribution in [0, 0.1) is 5.41 Å². The molecule has 0 radical (unpaired) electrons. The predicted octanol–water partition coefficient (Wildman–Crippen LogP) is 3.29. The molecule has 1 fully saturated rings. The summed E-state index contributed by atoms with van der Waals surface area (Å²) in [6, 6.07) is 3.85. The Balaban J connectivity index is 0.000000277. The van der Waals surface area contributed by atoms with Gasteiger partial charge in [0.2, 0.25) is 5.95 Å². The second-order valence-corrected chi connectivity index (χ2v) is 10.8. The van der Waals surface area contributed by atoms with Crippen molar-refractivity contribution in [2.45, 2.75) is 57.7 Å². The van der Waals surface area contributed by atoms with E-state index >= 15 is 0 Å². The SMILES string of the molecule is O=C(O)C(F)(F)F.O=C(O)C(F)(F)F.O=c1c2c(nc3n1CC1(CCN(Cc4ccoc4)CC1)C3)CCN(c1ncccn1)C2. The Morgan fingerprint density at radius 1 is 0.978 bits per heavy atom. The molecule has 3 aliphatic heterocycles. The predicted molar refractivity (Wildman–Crippen MR) is 142 cm³/mol. The Morgan fingerprint density at radius 2 is 1.58 bits per heavy atom. The molecule has 1 saturated heterocycles. The van der Waals surface area contributed by atoms with Crippen LogP contribution in [-0.2, 0) is 42.1 Å². The quantitative estimate of drug-likeness (QED) is 0.403. The fourth-order valence-corrected chi connectivity index (χ4v) is 5.37. The third-order valence-corrected chi connectivity index (χ3v) is 7.64. The van der Waals surface area contributed by atoms with Crippen LogP contribution in [0.2, 0.25) is 0 Å². The van der Waals surface area contributed by atoms with Crippen molar-refractivity contribution in [1.82, 2.24) is 24.4 Å². The van der Waals surface area contributed by atoms with Crippen molar-refractivity contribution in [2.75, 3.05) is 24.5 Å². The van der Waals surface area contributed by atoms with E-state index < -0.39 is 24.3 Å². The van der Waals surface area contributed by atoms with E-state index in [0.717, 1.165) is 75.5 Å². The van der Waals surface area contributed by atoms with Gasteiger partial charge in [-0.3, -0.25) is 14.3 Å². The molecule has 0 bridgehead atoms. The van der Waals surface area contributed by atoms with Crippen LogP contribution >= 0.6 is 0 Å². The third-order valence-electron chi connectivity index (χ3n) is 7.64. The van der Waals surface area contributed by atoms with Gasteiger partial charge in [0.05, 0.1) is 30.3 Å². The number of alkyl halides is 6. The summed E-state index contributed by atoms with van der Waals surface area (Å²) in [7, 11) is 0. The van der Waals surface area contributed by atoms with Crippen molar-refractivity contribution >= 4 is 17.9 Å². The molecular formula is C27H28F6N6O6. The van der Waals surface area contributed by atoms with Crippen molar-refractivity contribution in [3.05, 3.63) is 70.1 Å². The summed E-state index contributed by atoms with van der Waals surface area (Å²) in [6.45, 7) is 5.16. The van der Waals surface area contributed by atoms with E-state index in [1.807, 2.05) is 23.0 Å². The average molecular weight is 647 g/mol. The van der Waals surface area contributed by atoms with Crippen LogP contribution in [0.15, 0.2) is 46.3 Å². The molecule has 0 amide bonds. The molecule has 0 aliphatic carbocycles. The maximum atomic E-state index is 13.4. The monoisotopic (exact) mass is 646 g/mol. The number of fused-ring (bicyclic) bond motifs is 2. The number of likely N-dealkylation sites (tertiary alicyclic amines) is 1. The summed E-state index contributed by atoms with van der Waals surface area (Å²) in [5.41, 5.74) is 3.31. The lowest BCUT2D eigenvalue weighted by molar-refractivity contribution is -0.193. The maximum absolute atomic E-state index is 13.4. The van der Waals surface area contributed by atoms with Crippen LogP contribution in [-0.4, -0.2) is 78.6 Å². The molecule has 3 aliphatic rings. The molecule has 3 aromatic heterocycles. The number of furan rings is 1. The standard InChI is InChI=1S/C23H26N6O2.2C2HF3O2/c30-21-18-14-28(22-24-6-1-7-25-22)8-2-19(18)26-20-12-23(16-29(20)21)4-9-27(10-5-23)13-17-3-11-31-15-17;2*3-2(4,5)1(6)7/h1,3,6-7,11,15H,2,4-5,8-10,12-14,16H2;2*(H,6,7). The van der Waals surface area contributed by atoms with Crippen molar-refractivity contribution in [3.8, 4) is 0 Å². The van der Waals surface area contributed by atoms with Crippen LogP contribution in [0.3, 0.4) is 0 Å². The molecule has 12 nitrogen and oxygen atoms in total. The van der Waals surface area contributed by atoms with Gasteiger partial charge in [-0.1, -0.05) is 0 Å². The first kappa shape index (κ1) is 33.4. The number of anilines is 1. The van der Waals surface area contributed by atoms with E-state index in [-0.39, 0.29) is 11.0 Å². The van der Waals surface area contributed by atoms with Gasteiger partial charge in [0.25, 0.3) is 5.56 Å². The first-order chi connectivity index (χ1) is 21.1. The number of hydrogen-bond donors (Lipinski definition) is 2. The van der Waals surface area contributed by atoms with E-state index in [4.69, 9.17) is 29.2 Å². The Morgan fingerprint density at radius 3 is 2.11 bits per heavy atom. The van der Waals surface area contributed by atoms with Crippen molar-refractivity contribution in [1.29, 1.82) is 0 Å². The van der Waals surface area contributed by atoms with Gasteiger partial charge < -0.3 is 19.5 Å². The summed E-state index contributed by atoms with van der Waals surface area (Å²) in [6.07, 6.45) is 0.767. The molecule has 18 heteroatoms. The lowest BCUT2D eigenvalue weighted by atomic mass is 9.77. The third kappa shape index (κ3) is 8.37. The van der Waals surface area contributed by atoms with Gasteiger partial charge in [-0.25, -0.2) is 24.5 Å². The zero-order valence-corrected chi connectivity index (χ0v) is 23.5. The van der Waals surface area contributed by atoms with Gasteiger partial charge in [-0.2, -0.15) is 26.3 Å². The first-order valence-electron chi connectivity index (χ1n) is 13.5. The minimum atomic E-state index is -5.08. The summed E-state index contributed by atoms with van der Waals surface area (Å²) >= 11 is 0. The molecule has 0 atom stereocenters. The van der Waals surface area contributed by atoms with Crippen LogP contribution in [0.4, 0.5) is 32.3 Å². The number of aromatic nitrogens is 4. The highest BCUT2D eigenvalue weighted by Crippen LogP contribution is 2.41. The van der Waals surface area contributed by atoms with Gasteiger partial charge in [0, 0.05) is 50.4 Å². The average Bonchev–Trinajstić information content (AvgIpc) is 3.62. The molecule has 45 heavy (non-hydrogen) atoms. The molecular weight excluding hydrogens is 618 g/mol. The van der Waals surface area contributed by atoms with Gasteiger partial charge >= 0.3 is 24.3 Å². The highest BCUT2D eigenvalue weighted by Gasteiger charge is 2.42. The second kappa shape index (κ2) is 13.3. The molecule has 0 saturated carbocycles.